The number of ether oxygens (including phenoxy) is 1. The Kier molecular flexibility index (Phi) is 7.47. The summed E-state index contributed by atoms with van der Waals surface area (Å²) in [5.74, 6) is 0.910. The summed E-state index contributed by atoms with van der Waals surface area (Å²) < 4.78 is 6.96. The quantitative estimate of drug-likeness (QED) is 0.665. The molecule has 0 bridgehead atoms. The first kappa shape index (κ1) is 16.5. The minimum Gasteiger partial charge on any atom is -0.490 e. The van der Waals surface area contributed by atoms with Crippen molar-refractivity contribution in [1.82, 2.24) is 0 Å². The summed E-state index contributed by atoms with van der Waals surface area (Å²) in [5.41, 5.74) is 6.99. The molecule has 0 aromatic heterocycles. The number of unbranched alkanes of at least 4 members (excludes halogenated alkanes) is 3. The van der Waals surface area contributed by atoms with Crippen LogP contribution in [-0.2, 0) is 0 Å². The predicted molar refractivity (Wildman–Crippen MR) is 85.6 cm³/mol. The van der Waals surface area contributed by atoms with Crippen LogP contribution in [0.25, 0.3) is 0 Å². The Bertz CT molecular complexity index is 379. The molecule has 108 valence electrons. The van der Waals surface area contributed by atoms with Crippen molar-refractivity contribution in [2.24, 2.45) is 5.73 Å². The zero-order chi connectivity index (χ0) is 14.3. The van der Waals surface area contributed by atoms with Gasteiger partial charge in [-0.1, -0.05) is 32.3 Å². The van der Waals surface area contributed by atoms with E-state index in [1.54, 1.807) is 0 Å². The van der Waals surface area contributed by atoms with Gasteiger partial charge in [0.2, 0.25) is 0 Å². The van der Waals surface area contributed by atoms with Gasteiger partial charge in [0.25, 0.3) is 0 Å². The molecule has 0 spiro atoms. The zero-order valence-electron chi connectivity index (χ0n) is 12.3. The van der Waals surface area contributed by atoms with Crippen LogP contribution in [0.5, 0.6) is 5.75 Å². The Labute approximate surface area is 125 Å². The van der Waals surface area contributed by atoms with E-state index >= 15 is 0 Å². The van der Waals surface area contributed by atoms with Crippen LogP contribution < -0.4 is 10.5 Å². The topological polar surface area (TPSA) is 35.2 Å². The van der Waals surface area contributed by atoms with Crippen LogP contribution in [-0.4, -0.2) is 6.10 Å². The molecule has 0 fully saturated rings. The van der Waals surface area contributed by atoms with Gasteiger partial charge in [-0.3, -0.25) is 0 Å². The van der Waals surface area contributed by atoms with Gasteiger partial charge in [-0.25, -0.2) is 0 Å². The third kappa shape index (κ3) is 5.96. The van der Waals surface area contributed by atoms with E-state index in [1.807, 2.05) is 25.1 Å². The number of benzene rings is 1. The first-order valence-electron chi connectivity index (χ1n) is 7.26. The van der Waals surface area contributed by atoms with Gasteiger partial charge >= 0.3 is 0 Å². The maximum atomic E-state index is 5.97. The van der Waals surface area contributed by atoms with Crippen molar-refractivity contribution >= 4 is 15.9 Å². The molecule has 0 aliphatic carbocycles. The molecule has 3 heteroatoms. The highest BCUT2D eigenvalue weighted by Gasteiger charge is 2.09. The van der Waals surface area contributed by atoms with Crippen molar-refractivity contribution in [1.29, 1.82) is 0 Å². The van der Waals surface area contributed by atoms with Gasteiger partial charge in [0.05, 0.1) is 10.6 Å². The summed E-state index contributed by atoms with van der Waals surface area (Å²) in [6.07, 6.45) is 6.51. The molecule has 1 aromatic rings. The van der Waals surface area contributed by atoms with E-state index in [0.29, 0.717) is 0 Å². The molecule has 19 heavy (non-hydrogen) atoms. The van der Waals surface area contributed by atoms with Crippen LogP contribution in [0.1, 0.15) is 64.5 Å². The minimum atomic E-state index is 0.0526. The number of hydrogen-bond acceptors (Lipinski definition) is 2. The fraction of sp³-hybridized carbons (Fsp3) is 0.625. The molecule has 0 radical (unpaired) electrons. The summed E-state index contributed by atoms with van der Waals surface area (Å²) in [5, 5.41) is 0. The van der Waals surface area contributed by atoms with E-state index in [9.17, 15) is 0 Å². The Hall–Kier alpha value is -0.540. The smallest absolute Gasteiger partial charge is 0.133 e. The fourth-order valence-electron chi connectivity index (χ4n) is 2.03. The molecular formula is C16H26BrNO. The summed E-state index contributed by atoms with van der Waals surface area (Å²) in [7, 11) is 0. The molecule has 0 heterocycles. The third-order valence-electron chi connectivity index (χ3n) is 3.27. The van der Waals surface area contributed by atoms with Gasteiger partial charge in [-0.05, 0) is 60.3 Å². The standard InChI is InChI=1S/C16H26BrNO/c1-4-5-6-7-8-12(2)19-16-10-9-14(13(3)18)11-15(16)17/h9-13H,4-8,18H2,1-3H3/t12?,13-/m1/s1. The molecular weight excluding hydrogens is 302 g/mol. The Morgan fingerprint density at radius 1 is 1.21 bits per heavy atom. The van der Waals surface area contributed by atoms with Crippen molar-refractivity contribution in [2.45, 2.75) is 65.0 Å². The first-order valence-corrected chi connectivity index (χ1v) is 8.05. The van der Waals surface area contributed by atoms with Crippen molar-refractivity contribution in [3.05, 3.63) is 28.2 Å². The lowest BCUT2D eigenvalue weighted by molar-refractivity contribution is 0.205. The molecule has 0 saturated heterocycles. The first-order chi connectivity index (χ1) is 9.04. The highest BCUT2D eigenvalue weighted by atomic mass is 79.9. The molecule has 1 rings (SSSR count). The van der Waals surface area contributed by atoms with Crippen molar-refractivity contribution in [3.63, 3.8) is 0 Å². The Morgan fingerprint density at radius 2 is 1.95 bits per heavy atom. The lowest BCUT2D eigenvalue weighted by Gasteiger charge is -2.17. The molecule has 1 unspecified atom stereocenters. The van der Waals surface area contributed by atoms with Gasteiger partial charge in [0.1, 0.15) is 5.75 Å². The van der Waals surface area contributed by atoms with E-state index < -0.39 is 0 Å². The van der Waals surface area contributed by atoms with E-state index in [4.69, 9.17) is 10.5 Å². The predicted octanol–water partition coefficient (Wildman–Crippen LogP) is 5.21. The summed E-state index contributed by atoms with van der Waals surface area (Å²) in [6, 6.07) is 6.14. The second-order valence-electron chi connectivity index (χ2n) is 5.26. The van der Waals surface area contributed by atoms with E-state index in [1.165, 1.54) is 25.7 Å². The molecule has 0 aliphatic rings. The van der Waals surface area contributed by atoms with E-state index in [-0.39, 0.29) is 12.1 Å². The van der Waals surface area contributed by atoms with Crippen LogP contribution in [0.2, 0.25) is 0 Å². The maximum Gasteiger partial charge on any atom is 0.133 e. The van der Waals surface area contributed by atoms with Gasteiger partial charge in [-0.15, -0.1) is 0 Å². The molecule has 0 saturated carbocycles. The summed E-state index contributed by atoms with van der Waals surface area (Å²) in [4.78, 5) is 0. The van der Waals surface area contributed by atoms with E-state index in [0.717, 1.165) is 22.2 Å². The highest BCUT2D eigenvalue weighted by Crippen LogP contribution is 2.29. The number of nitrogens with two attached hydrogens (primary N) is 1. The largest absolute Gasteiger partial charge is 0.490 e. The Morgan fingerprint density at radius 3 is 2.53 bits per heavy atom. The van der Waals surface area contributed by atoms with Gasteiger partial charge < -0.3 is 10.5 Å². The molecule has 0 aliphatic heterocycles. The van der Waals surface area contributed by atoms with Crippen molar-refractivity contribution in [3.8, 4) is 5.75 Å². The second kappa shape index (κ2) is 8.60. The lowest BCUT2D eigenvalue weighted by atomic mass is 10.1. The lowest BCUT2D eigenvalue weighted by Crippen LogP contribution is -2.12. The van der Waals surface area contributed by atoms with Crippen LogP contribution in [0.3, 0.4) is 0 Å². The fourth-order valence-corrected chi connectivity index (χ4v) is 2.52. The van der Waals surface area contributed by atoms with Crippen molar-refractivity contribution in [2.75, 3.05) is 0 Å². The van der Waals surface area contributed by atoms with Crippen LogP contribution in [0, 0.1) is 0 Å². The molecule has 2 atom stereocenters. The van der Waals surface area contributed by atoms with Crippen LogP contribution in [0.4, 0.5) is 0 Å². The number of rotatable bonds is 8. The summed E-state index contributed by atoms with van der Waals surface area (Å²) in [6.45, 7) is 6.35. The van der Waals surface area contributed by atoms with Gasteiger partial charge in [-0.2, -0.15) is 0 Å². The molecule has 2 nitrogen and oxygen atoms in total. The SMILES string of the molecule is CCCCCCC(C)Oc1ccc([C@@H](C)N)cc1Br. The van der Waals surface area contributed by atoms with Crippen LogP contribution in [0.15, 0.2) is 22.7 Å². The number of hydrogen-bond donors (Lipinski definition) is 1. The second-order valence-corrected chi connectivity index (χ2v) is 6.11. The van der Waals surface area contributed by atoms with Crippen molar-refractivity contribution < 1.29 is 4.74 Å². The van der Waals surface area contributed by atoms with Gasteiger partial charge in [0, 0.05) is 6.04 Å². The average molecular weight is 328 g/mol. The highest BCUT2D eigenvalue weighted by molar-refractivity contribution is 9.10. The summed E-state index contributed by atoms with van der Waals surface area (Å²) >= 11 is 3.56. The zero-order valence-corrected chi connectivity index (χ0v) is 13.9. The average Bonchev–Trinajstić information content (AvgIpc) is 2.37. The monoisotopic (exact) mass is 327 g/mol. The number of halogens is 1. The van der Waals surface area contributed by atoms with Crippen LogP contribution >= 0.6 is 15.9 Å². The maximum absolute atomic E-state index is 5.97. The minimum absolute atomic E-state index is 0.0526. The van der Waals surface area contributed by atoms with E-state index in [2.05, 4.69) is 29.8 Å². The molecule has 2 N–H and O–H groups in total. The third-order valence-corrected chi connectivity index (χ3v) is 3.89. The normalized spacial score (nSPS) is 14.2. The molecule has 1 aromatic carbocycles. The molecule has 0 amide bonds. The Balaban J connectivity index is 2.48. The van der Waals surface area contributed by atoms with Gasteiger partial charge in [0.15, 0.2) is 0 Å².